The predicted molar refractivity (Wildman–Crippen MR) is 63.7 cm³/mol. The number of amides is 2. The second-order valence-corrected chi connectivity index (χ2v) is 3.55. The molecule has 1 aromatic carbocycles. The Bertz CT molecular complexity index is 405. The Morgan fingerprint density at radius 3 is 2.19 bits per heavy atom. The fraction of sp³-hybridized carbons (Fsp3) is 0.100. The maximum atomic E-state index is 11.6. The Hall–Kier alpha value is -1.95. The van der Waals surface area contributed by atoms with E-state index in [-0.39, 0.29) is 4.99 Å². The molecule has 0 spiro atoms. The van der Waals surface area contributed by atoms with E-state index in [1.165, 1.54) is 0 Å². The molecule has 6 heteroatoms. The summed E-state index contributed by atoms with van der Waals surface area (Å²) in [5.41, 5.74) is 10.7. The van der Waals surface area contributed by atoms with Gasteiger partial charge in [-0.25, -0.2) is 0 Å². The predicted octanol–water partition coefficient (Wildman–Crippen LogP) is -0.444. The van der Waals surface area contributed by atoms with Gasteiger partial charge in [0.1, 0.15) is 4.99 Å². The number of primary amides is 1. The molecule has 0 fully saturated rings. The van der Waals surface area contributed by atoms with Crippen LogP contribution in [0.1, 0.15) is 10.4 Å². The van der Waals surface area contributed by atoms with Gasteiger partial charge in [0.2, 0.25) is 5.91 Å². The zero-order valence-electron chi connectivity index (χ0n) is 8.34. The van der Waals surface area contributed by atoms with Crippen LogP contribution >= 0.6 is 12.2 Å². The number of hydrogen-bond acceptors (Lipinski definition) is 3. The van der Waals surface area contributed by atoms with Gasteiger partial charge in [0.25, 0.3) is 5.91 Å². The first-order valence-corrected chi connectivity index (χ1v) is 4.87. The summed E-state index contributed by atoms with van der Waals surface area (Å²) in [7, 11) is 0. The molecule has 0 aromatic heterocycles. The highest BCUT2D eigenvalue weighted by Crippen LogP contribution is 1.98. The van der Waals surface area contributed by atoms with Crippen LogP contribution in [-0.2, 0) is 4.79 Å². The van der Waals surface area contributed by atoms with Crippen LogP contribution in [0.3, 0.4) is 0 Å². The van der Waals surface area contributed by atoms with Crippen molar-refractivity contribution in [3.05, 3.63) is 35.9 Å². The average Bonchev–Trinajstić information content (AvgIpc) is 2.25. The molecular weight excluding hydrogens is 226 g/mol. The van der Waals surface area contributed by atoms with Crippen LogP contribution in [0.25, 0.3) is 0 Å². The molecule has 1 aromatic rings. The molecule has 1 atom stereocenters. The molecule has 84 valence electrons. The molecule has 0 bridgehead atoms. The minimum absolute atomic E-state index is 0.156. The third-order valence-corrected chi connectivity index (χ3v) is 2.12. The molecule has 0 heterocycles. The molecular formula is C10H11N3O2S. The van der Waals surface area contributed by atoms with E-state index in [1.54, 1.807) is 30.3 Å². The molecule has 5 nitrogen and oxygen atoms in total. The number of rotatable bonds is 4. The van der Waals surface area contributed by atoms with E-state index in [2.05, 4.69) is 17.5 Å². The van der Waals surface area contributed by atoms with Gasteiger partial charge in [-0.1, -0.05) is 30.4 Å². The summed E-state index contributed by atoms with van der Waals surface area (Å²) < 4.78 is 0. The lowest BCUT2D eigenvalue weighted by Gasteiger charge is -2.13. The quantitative estimate of drug-likeness (QED) is 0.618. The number of hydrogen-bond donors (Lipinski definition) is 3. The van der Waals surface area contributed by atoms with Gasteiger partial charge in [-0.05, 0) is 12.1 Å². The number of thiocarbonyl (C=S) groups is 1. The third kappa shape index (κ3) is 3.03. The molecule has 0 aliphatic heterocycles. The van der Waals surface area contributed by atoms with Crippen LogP contribution < -0.4 is 16.8 Å². The molecule has 0 saturated heterocycles. The zero-order chi connectivity index (χ0) is 12.1. The van der Waals surface area contributed by atoms with Crippen LogP contribution in [0.2, 0.25) is 0 Å². The molecule has 5 N–H and O–H groups in total. The summed E-state index contributed by atoms with van der Waals surface area (Å²) in [4.78, 5) is 22.4. The number of nitrogens with two attached hydrogens (primary N) is 2. The minimum Gasteiger partial charge on any atom is -0.391 e. The summed E-state index contributed by atoms with van der Waals surface area (Å²) >= 11 is 4.62. The number of carbonyl (C=O) groups is 2. The van der Waals surface area contributed by atoms with Crippen LogP contribution in [0.4, 0.5) is 0 Å². The van der Waals surface area contributed by atoms with E-state index >= 15 is 0 Å². The first-order valence-electron chi connectivity index (χ1n) is 4.47. The lowest BCUT2D eigenvalue weighted by atomic mass is 10.2. The minimum atomic E-state index is -1.12. The van der Waals surface area contributed by atoms with Gasteiger partial charge >= 0.3 is 0 Å². The van der Waals surface area contributed by atoms with Crippen LogP contribution in [0, 0.1) is 0 Å². The second-order valence-electron chi connectivity index (χ2n) is 3.08. The molecule has 0 saturated carbocycles. The Balaban J connectivity index is 2.77. The molecule has 0 radical (unpaired) electrons. The van der Waals surface area contributed by atoms with Crippen molar-refractivity contribution in [2.24, 2.45) is 11.5 Å². The summed E-state index contributed by atoms with van der Waals surface area (Å²) in [6, 6.07) is 7.27. The molecule has 0 aliphatic rings. The monoisotopic (exact) mass is 237 g/mol. The standard InChI is InChI=1S/C10H11N3O2S/c11-8(14)7(9(12)16)13-10(15)6-4-2-1-3-5-6/h1-5,7H,(H2,11,14)(H2,12,16)(H,13,15). The molecule has 16 heavy (non-hydrogen) atoms. The molecule has 0 aliphatic carbocycles. The summed E-state index contributed by atoms with van der Waals surface area (Å²) in [6.45, 7) is 0. The second kappa shape index (κ2) is 5.22. The van der Waals surface area contributed by atoms with Crippen molar-refractivity contribution >= 4 is 29.0 Å². The van der Waals surface area contributed by atoms with Gasteiger partial charge in [0.05, 0.1) is 0 Å². The van der Waals surface area contributed by atoms with E-state index in [0.29, 0.717) is 5.56 Å². The third-order valence-electron chi connectivity index (χ3n) is 1.88. The van der Waals surface area contributed by atoms with Gasteiger partial charge in [0.15, 0.2) is 6.04 Å². The van der Waals surface area contributed by atoms with Crippen LogP contribution in [-0.4, -0.2) is 22.8 Å². The summed E-state index contributed by atoms with van der Waals surface area (Å²) in [6.07, 6.45) is 0. The number of carbonyl (C=O) groups excluding carboxylic acids is 2. The smallest absolute Gasteiger partial charge is 0.252 e. The van der Waals surface area contributed by atoms with Crippen molar-refractivity contribution in [2.45, 2.75) is 6.04 Å². The van der Waals surface area contributed by atoms with E-state index in [0.717, 1.165) is 0 Å². The van der Waals surface area contributed by atoms with Crippen molar-refractivity contribution in [1.82, 2.24) is 5.32 Å². The van der Waals surface area contributed by atoms with E-state index < -0.39 is 17.9 Å². The van der Waals surface area contributed by atoms with Crippen molar-refractivity contribution in [1.29, 1.82) is 0 Å². The van der Waals surface area contributed by atoms with Crippen molar-refractivity contribution in [3.63, 3.8) is 0 Å². The lowest BCUT2D eigenvalue weighted by Crippen LogP contribution is -2.51. The maximum Gasteiger partial charge on any atom is 0.252 e. The Kier molecular flexibility index (Phi) is 3.96. The molecule has 1 unspecified atom stereocenters. The fourth-order valence-electron chi connectivity index (χ4n) is 1.09. The first-order chi connectivity index (χ1) is 7.52. The van der Waals surface area contributed by atoms with Crippen LogP contribution in [0.15, 0.2) is 30.3 Å². The van der Waals surface area contributed by atoms with Gasteiger partial charge in [-0.2, -0.15) is 0 Å². The Morgan fingerprint density at radius 2 is 1.75 bits per heavy atom. The number of benzene rings is 1. The maximum absolute atomic E-state index is 11.6. The van der Waals surface area contributed by atoms with Gasteiger partial charge in [-0.3, -0.25) is 9.59 Å². The fourth-order valence-corrected chi connectivity index (χ4v) is 1.26. The zero-order valence-corrected chi connectivity index (χ0v) is 9.16. The lowest BCUT2D eigenvalue weighted by molar-refractivity contribution is -0.118. The first kappa shape index (κ1) is 12.1. The van der Waals surface area contributed by atoms with Crippen LogP contribution in [0.5, 0.6) is 0 Å². The summed E-state index contributed by atoms with van der Waals surface area (Å²) in [5, 5.41) is 2.35. The SMILES string of the molecule is NC(=O)C(NC(=O)c1ccccc1)C(N)=S. The highest BCUT2D eigenvalue weighted by molar-refractivity contribution is 7.80. The average molecular weight is 237 g/mol. The largest absolute Gasteiger partial charge is 0.391 e. The number of nitrogens with one attached hydrogen (secondary N) is 1. The van der Waals surface area contributed by atoms with Gasteiger partial charge < -0.3 is 16.8 Å². The van der Waals surface area contributed by atoms with E-state index in [9.17, 15) is 9.59 Å². The topological polar surface area (TPSA) is 98.2 Å². The normalized spacial score (nSPS) is 11.5. The van der Waals surface area contributed by atoms with Gasteiger partial charge in [0, 0.05) is 5.56 Å². The van der Waals surface area contributed by atoms with Crippen molar-refractivity contribution in [3.8, 4) is 0 Å². The van der Waals surface area contributed by atoms with Crippen molar-refractivity contribution in [2.75, 3.05) is 0 Å². The Labute approximate surface area is 97.8 Å². The van der Waals surface area contributed by atoms with E-state index in [4.69, 9.17) is 11.5 Å². The van der Waals surface area contributed by atoms with Crippen molar-refractivity contribution < 1.29 is 9.59 Å². The molecule has 1 rings (SSSR count). The van der Waals surface area contributed by atoms with Gasteiger partial charge in [-0.15, -0.1) is 0 Å². The highest BCUT2D eigenvalue weighted by atomic mass is 32.1. The molecule has 2 amide bonds. The Morgan fingerprint density at radius 1 is 1.19 bits per heavy atom. The van der Waals surface area contributed by atoms with E-state index in [1.807, 2.05) is 0 Å². The highest BCUT2D eigenvalue weighted by Gasteiger charge is 2.21. The summed E-state index contributed by atoms with van der Waals surface area (Å²) in [5.74, 6) is -1.23.